The van der Waals surface area contributed by atoms with Crippen molar-refractivity contribution in [2.24, 2.45) is 0 Å². The number of ketones is 1. The number of Topliss-reactive ketones (excluding diaryl/α,β-unsaturated/α-hetero) is 1. The van der Waals surface area contributed by atoms with Crippen LogP contribution in [0.15, 0.2) is 23.1 Å². The Morgan fingerprint density at radius 1 is 1.50 bits per heavy atom. The van der Waals surface area contributed by atoms with Crippen LogP contribution in [0.1, 0.15) is 17.3 Å². The van der Waals surface area contributed by atoms with Gasteiger partial charge in [-0.25, -0.2) is 0 Å². The van der Waals surface area contributed by atoms with Gasteiger partial charge in [-0.1, -0.05) is 11.6 Å². The van der Waals surface area contributed by atoms with E-state index in [-0.39, 0.29) is 5.78 Å². The van der Waals surface area contributed by atoms with Gasteiger partial charge < -0.3 is 0 Å². The van der Waals surface area contributed by atoms with E-state index in [2.05, 4.69) is 0 Å². The van der Waals surface area contributed by atoms with Crippen molar-refractivity contribution in [1.29, 1.82) is 0 Å². The molecule has 1 aromatic rings. The van der Waals surface area contributed by atoms with Gasteiger partial charge in [-0.05, 0) is 46.8 Å². The average Bonchev–Trinajstić information content (AvgIpc) is 2.05. The predicted molar refractivity (Wildman–Crippen MR) is 53.2 cm³/mol. The number of benzene rings is 1. The maximum atomic E-state index is 10.9. The van der Waals surface area contributed by atoms with Gasteiger partial charge in [-0.3, -0.25) is 4.79 Å². The summed E-state index contributed by atoms with van der Waals surface area (Å²) in [6.45, 7) is 1.51. The van der Waals surface area contributed by atoms with Gasteiger partial charge in [0.05, 0.1) is 5.02 Å². The lowest BCUT2D eigenvalue weighted by Gasteiger charge is -2.00. The Hall–Kier alpha value is -0.180. The third-order valence-corrected chi connectivity index (χ3v) is 2.87. The number of carbonyl (C=O) groups excluding carboxylic acids is 1. The zero-order valence-corrected chi connectivity index (χ0v) is 8.63. The van der Waals surface area contributed by atoms with Gasteiger partial charge in [0.25, 0.3) is 0 Å². The maximum absolute atomic E-state index is 10.9. The predicted octanol–water partition coefficient (Wildman–Crippen LogP) is 3.79. The second-order valence-electron chi connectivity index (χ2n) is 2.28. The van der Waals surface area contributed by atoms with E-state index >= 15 is 0 Å². The lowest BCUT2D eigenvalue weighted by atomic mass is 10.1. The van der Waals surface area contributed by atoms with Crippen LogP contribution >= 0.6 is 33.3 Å². The van der Waals surface area contributed by atoms with E-state index in [0.717, 1.165) is 11.0 Å². The lowest BCUT2D eigenvalue weighted by Crippen LogP contribution is -1.91. The molecule has 0 aromatic heterocycles. The zero-order chi connectivity index (χ0) is 9.14. The van der Waals surface area contributed by atoms with E-state index in [1.54, 1.807) is 18.2 Å². The molecule has 1 nitrogen and oxygen atoms in total. The molecule has 0 saturated carbocycles. The van der Waals surface area contributed by atoms with Crippen LogP contribution in [0.3, 0.4) is 0 Å². The Balaban J connectivity index is 3.13. The third-order valence-electron chi connectivity index (χ3n) is 1.42. The summed E-state index contributed by atoms with van der Waals surface area (Å²) in [4.78, 5) is 11.6. The first-order chi connectivity index (χ1) is 5.65. The Labute approximate surface area is 84.6 Å². The quantitative estimate of drug-likeness (QED) is 0.706. The summed E-state index contributed by atoms with van der Waals surface area (Å²) < 4.78 is 0. The topological polar surface area (TPSA) is 17.1 Å². The van der Waals surface area contributed by atoms with Crippen LogP contribution in [0.2, 0.25) is 5.02 Å². The summed E-state index contributed by atoms with van der Waals surface area (Å²) in [7, 11) is 6.54. The van der Waals surface area contributed by atoms with Crippen LogP contribution in [-0.2, 0) is 0 Å². The summed E-state index contributed by atoms with van der Waals surface area (Å²) in [6, 6.07) is 5.03. The summed E-state index contributed by atoms with van der Waals surface area (Å²) in [5.74, 6) is 0.0126. The molecule has 0 atom stereocenters. The summed E-state index contributed by atoms with van der Waals surface area (Å²) in [6.07, 6.45) is 0. The number of hydrogen-bond acceptors (Lipinski definition) is 2. The molecule has 0 aliphatic heterocycles. The second-order valence-corrected chi connectivity index (χ2v) is 3.74. The molecule has 0 fully saturated rings. The molecule has 1 rings (SSSR count). The number of carbonyl (C=O) groups is 1. The van der Waals surface area contributed by atoms with E-state index in [9.17, 15) is 4.79 Å². The number of hydrogen-bond donors (Lipinski definition) is 0. The normalized spacial score (nSPS) is 9.92. The van der Waals surface area contributed by atoms with Crippen molar-refractivity contribution in [1.82, 2.24) is 0 Å². The van der Waals surface area contributed by atoms with Gasteiger partial charge in [0.1, 0.15) is 0 Å². The molecule has 0 amide bonds. The highest BCUT2D eigenvalue weighted by Crippen LogP contribution is 2.30. The van der Waals surface area contributed by atoms with Crippen LogP contribution in [0, 0.1) is 0 Å². The van der Waals surface area contributed by atoms with Crippen LogP contribution in [-0.4, -0.2) is 5.78 Å². The molecule has 0 aliphatic rings. The molecule has 0 bridgehead atoms. The molecule has 12 heavy (non-hydrogen) atoms. The molecule has 64 valence electrons. The monoisotopic (exact) mass is 220 g/mol. The van der Waals surface area contributed by atoms with Crippen molar-refractivity contribution in [3.63, 3.8) is 0 Å². The van der Waals surface area contributed by atoms with E-state index < -0.39 is 0 Å². The fourth-order valence-electron chi connectivity index (χ4n) is 0.781. The Kier molecular flexibility index (Phi) is 3.44. The summed E-state index contributed by atoms with van der Waals surface area (Å²) in [5.41, 5.74) is 0.627. The third kappa shape index (κ3) is 2.16. The lowest BCUT2D eigenvalue weighted by molar-refractivity contribution is 0.101. The first-order valence-electron chi connectivity index (χ1n) is 3.24. The van der Waals surface area contributed by atoms with Gasteiger partial charge >= 0.3 is 0 Å². The highest BCUT2D eigenvalue weighted by Gasteiger charge is 2.04. The first-order valence-corrected chi connectivity index (χ1v) is 5.26. The number of rotatable bonds is 2. The molecule has 1 aromatic carbocycles. The highest BCUT2D eigenvalue weighted by molar-refractivity contribution is 8.21. The summed E-state index contributed by atoms with van der Waals surface area (Å²) in [5, 5.41) is 0.569. The molecular formula is C8H6Cl2OS. The zero-order valence-electron chi connectivity index (χ0n) is 6.30. The fourth-order valence-corrected chi connectivity index (χ4v) is 1.83. The van der Waals surface area contributed by atoms with E-state index in [1.165, 1.54) is 6.92 Å². The molecule has 0 aliphatic carbocycles. The molecule has 4 heteroatoms. The van der Waals surface area contributed by atoms with E-state index in [1.807, 2.05) is 0 Å². The largest absolute Gasteiger partial charge is 0.295 e. The van der Waals surface area contributed by atoms with Crippen LogP contribution in [0.5, 0.6) is 0 Å². The Morgan fingerprint density at radius 2 is 2.17 bits per heavy atom. The molecule has 0 unspecified atom stereocenters. The van der Waals surface area contributed by atoms with Crippen molar-refractivity contribution in [2.45, 2.75) is 11.8 Å². The average molecular weight is 221 g/mol. The van der Waals surface area contributed by atoms with Crippen molar-refractivity contribution in [3.05, 3.63) is 28.8 Å². The molecular weight excluding hydrogens is 215 g/mol. The highest BCUT2D eigenvalue weighted by atomic mass is 35.7. The van der Waals surface area contributed by atoms with Crippen molar-refractivity contribution in [2.75, 3.05) is 0 Å². The summed E-state index contributed by atoms with van der Waals surface area (Å²) >= 11 is 5.78. The van der Waals surface area contributed by atoms with Gasteiger partial charge in [-0.2, -0.15) is 0 Å². The SMILES string of the molecule is CC(=O)c1ccc(Cl)c(SCl)c1. The van der Waals surface area contributed by atoms with Gasteiger partial charge in [0, 0.05) is 10.5 Å². The number of halogens is 2. The Bertz CT molecular complexity index is 312. The van der Waals surface area contributed by atoms with Crippen LogP contribution < -0.4 is 0 Å². The molecule has 0 saturated heterocycles. The Morgan fingerprint density at radius 3 is 2.67 bits per heavy atom. The van der Waals surface area contributed by atoms with Gasteiger partial charge in [-0.15, -0.1) is 0 Å². The van der Waals surface area contributed by atoms with E-state index in [4.69, 9.17) is 22.3 Å². The van der Waals surface area contributed by atoms with Gasteiger partial charge in [0.2, 0.25) is 0 Å². The minimum atomic E-state index is 0.0126. The second kappa shape index (κ2) is 4.17. The molecule has 0 radical (unpaired) electrons. The fraction of sp³-hybridized carbons (Fsp3) is 0.125. The molecule has 0 spiro atoms. The van der Waals surface area contributed by atoms with Crippen LogP contribution in [0.4, 0.5) is 0 Å². The van der Waals surface area contributed by atoms with E-state index in [0.29, 0.717) is 15.5 Å². The minimum absolute atomic E-state index is 0.0126. The molecule has 0 heterocycles. The smallest absolute Gasteiger partial charge is 0.159 e. The van der Waals surface area contributed by atoms with Crippen molar-refractivity contribution in [3.8, 4) is 0 Å². The van der Waals surface area contributed by atoms with Gasteiger partial charge in [0.15, 0.2) is 5.78 Å². The molecule has 0 N–H and O–H groups in total. The first kappa shape index (κ1) is 9.90. The standard InChI is InChI=1S/C8H6Cl2OS/c1-5(11)6-2-3-7(9)8(4-6)12-10/h2-4H,1H3. The maximum Gasteiger partial charge on any atom is 0.159 e. The van der Waals surface area contributed by atoms with Crippen molar-refractivity contribution < 1.29 is 4.79 Å². The van der Waals surface area contributed by atoms with Crippen LogP contribution in [0.25, 0.3) is 0 Å². The minimum Gasteiger partial charge on any atom is -0.295 e. The van der Waals surface area contributed by atoms with Crippen molar-refractivity contribution >= 4 is 39.0 Å².